The van der Waals surface area contributed by atoms with Crippen LogP contribution < -0.4 is 0 Å². The fraction of sp³-hybridized carbons (Fsp3) is 0.571. The van der Waals surface area contributed by atoms with Gasteiger partial charge >= 0.3 is 0 Å². The third kappa shape index (κ3) is 3.59. The normalized spacial score (nSPS) is 13.1. The molecule has 1 radical (unpaired) electrons. The average Bonchev–Trinajstić information content (AvgIpc) is 1.83. The fourth-order valence-electron chi connectivity index (χ4n) is 0.268. The summed E-state index contributed by atoms with van der Waals surface area (Å²) in [6, 6.07) is 0. The first-order valence-corrected chi connectivity index (χ1v) is 2.86. The Labute approximate surface area is 51.1 Å². The van der Waals surface area contributed by atoms with Crippen LogP contribution in [0.3, 0.4) is 0 Å². The highest BCUT2D eigenvalue weighted by Crippen LogP contribution is 1.84. The van der Waals surface area contributed by atoms with Crippen molar-refractivity contribution in [3.63, 3.8) is 0 Å². The lowest BCUT2D eigenvalue weighted by atomic mass is 10.3. The highest BCUT2D eigenvalue weighted by Gasteiger charge is 1.75. The monoisotopic (exact) mass is 110 g/mol. The van der Waals surface area contributed by atoms with Crippen LogP contribution in [0.25, 0.3) is 0 Å². The van der Waals surface area contributed by atoms with Gasteiger partial charge in [-0.25, -0.2) is 0 Å². The molecule has 1 nitrogen and oxygen atoms in total. The minimum atomic E-state index is 0.825. The highest BCUT2D eigenvalue weighted by atomic mass is 14.7. The van der Waals surface area contributed by atoms with E-state index in [1.165, 1.54) is 0 Å². The van der Waals surface area contributed by atoms with Gasteiger partial charge in [-0.1, -0.05) is 6.08 Å². The first-order chi connectivity index (χ1) is 3.81. The van der Waals surface area contributed by atoms with Crippen LogP contribution in [0.1, 0.15) is 20.8 Å². The summed E-state index contributed by atoms with van der Waals surface area (Å²) in [6.45, 7) is 6.79. The van der Waals surface area contributed by atoms with Crippen molar-refractivity contribution in [2.24, 2.45) is 4.99 Å². The predicted molar refractivity (Wildman–Crippen MR) is 37.4 cm³/mol. The standard InChI is InChI=1S/C7H12N/c1-4-7(3)6-8-5-2/h4H,5H2,1-3H3/b7-4+,8-6?. The Balaban J connectivity index is 3.53. The maximum atomic E-state index is 3.92. The summed E-state index contributed by atoms with van der Waals surface area (Å²) >= 11 is 0. The van der Waals surface area contributed by atoms with Gasteiger partial charge in [0.05, 0.1) is 6.21 Å². The molecule has 0 saturated carbocycles. The molecule has 0 spiro atoms. The third-order valence-corrected chi connectivity index (χ3v) is 0.847. The lowest BCUT2D eigenvalue weighted by Crippen LogP contribution is -1.76. The van der Waals surface area contributed by atoms with E-state index in [0.29, 0.717) is 0 Å². The van der Waals surface area contributed by atoms with Crippen molar-refractivity contribution < 1.29 is 0 Å². The molecular weight excluding hydrogens is 98.1 g/mol. The number of nitrogens with zero attached hydrogens (tertiary/aromatic N) is 1. The molecule has 0 aliphatic carbocycles. The van der Waals surface area contributed by atoms with E-state index in [1.807, 2.05) is 26.8 Å². The molecule has 0 aliphatic rings. The Hall–Kier alpha value is -0.590. The zero-order chi connectivity index (χ0) is 6.41. The third-order valence-electron chi connectivity index (χ3n) is 0.847. The molecule has 0 N–H and O–H groups in total. The van der Waals surface area contributed by atoms with E-state index in [0.717, 1.165) is 12.1 Å². The van der Waals surface area contributed by atoms with E-state index < -0.39 is 0 Å². The predicted octanol–water partition coefficient (Wildman–Crippen LogP) is 1.92. The van der Waals surface area contributed by atoms with Crippen LogP contribution in [-0.2, 0) is 0 Å². The largest absolute Gasteiger partial charge is 0.283 e. The van der Waals surface area contributed by atoms with E-state index in [4.69, 9.17) is 0 Å². The molecule has 0 aromatic rings. The summed E-state index contributed by atoms with van der Waals surface area (Å²) in [6.07, 6.45) is 4.85. The van der Waals surface area contributed by atoms with Gasteiger partial charge in [0.25, 0.3) is 0 Å². The van der Waals surface area contributed by atoms with Gasteiger partial charge in [0.1, 0.15) is 0 Å². The number of allylic oxidation sites excluding steroid dienone is 2. The van der Waals surface area contributed by atoms with Gasteiger partial charge in [-0.2, -0.15) is 0 Å². The summed E-state index contributed by atoms with van der Waals surface area (Å²) in [5.41, 5.74) is 1.10. The van der Waals surface area contributed by atoms with Crippen molar-refractivity contribution in [1.29, 1.82) is 0 Å². The van der Waals surface area contributed by atoms with E-state index in [9.17, 15) is 0 Å². The molecule has 0 atom stereocenters. The second kappa shape index (κ2) is 4.57. The molecule has 8 heavy (non-hydrogen) atoms. The molecule has 0 amide bonds. The van der Waals surface area contributed by atoms with Crippen molar-refractivity contribution in [3.05, 3.63) is 11.6 Å². The van der Waals surface area contributed by atoms with E-state index in [-0.39, 0.29) is 0 Å². The Morgan fingerprint density at radius 2 is 2.38 bits per heavy atom. The molecule has 0 saturated heterocycles. The van der Waals surface area contributed by atoms with Gasteiger partial charge in [0, 0.05) is 6.54 Å². The van der Waals surface area contributed by atoms with Crippen LogP contribution in [0, 0.1) is 0 Å². The second-order valence-corrected chi connectivity index (χ2v) is 1.56. The fourth-order valence-corrected chi connectivity index (χ4v) is 0.268. The van der Waals surface area contributed by atoms with E-state index in [2.05, 4.69) is 11.2 Å². The van der Waals surface area contributed by atoms with Crippen LogP contribution in [0.15, 0.2) is 16.6 Å². The summed E-state index contributed by atoms with van der Waals surface area (Å²) < 4.78 is 0. The number of rotatable bonds is 2. The quantitative estimate of drug-likeness (QED) is 0.481. The maximum Gasteiger partial charge on any atom is 0.0854 e. The molecule has 0 aromatic heterocycles. The van der Waals surface area contributed by atoms with Gasteiger partial charge in [-0.3, -0.25) is 4.99 Å². The zero-order valence-electron chi connectivity index (χ0n) is 5.73. The molecule has 0 fully saturated rings. The van der Waals surface area contributed by atoms with Gasteiger partial charge in [-0.05, 0) is 26.3 Å². The second-order valence-electron chi connectivity index (χ2n) is 1.56. The van der Waals surface area contributed by atoms with Crippen LogP contribution in [-0.4, -0.2) is 12.8 Å². The molecule has 0 aromatic carbocycles. The SMILES string of the molecule is C/C=C(C)/[C]=N\CC. The number of hydrogen-bond acceptors (Lipinski definition) is 1. The number of aliphatic imine (C=N–C) groups is 1. The molecule has 0 unspecified atom stereocenters. The summed E-state index contributed by atoms with van der Waals surface area (Å²) in [5, 5.41) is 0. The van der Waals surface area contributed by atoms with Crippen LogP contribution >= 0.6 is 0 Å². The van der Waals surface area contributed by atoms with Gasteiger partial charge in [0.15, 0.2) is 0 Å². The van der Waals surface area contributed by atoms with Crippen LogP contribution in [0.2, 0.25) is 0 Å². The Bertz CT molecular complexity index is 101. The first-order valence-electron chi connectivity index (χ1n) is 2.86. The van der Waals surface area contributed by atoms with Crippen molar-refractivity contribution >= 4 is 6.21 Å². The number of hydrogen-bond donors (Lipinski definition) is 0. The topological polar surface area (TPSA) is 12.4 Å². The Morgan fingerprint density at radius 1 is 1.75 bits per heavy atom. The molecular formula is C7H12N. The van der Waals surface area contributed by atoms with Crippen LogP contribution in [0.5, 0.6) is 0 Å². The van der Waals surface area contributed by atoms with Crippen molar-refractivity contribution in [1.82, 2.24) is 0 Å². The Kier molecular flexibility index (Phi) is 4.23. The molecule has 0 bridgehead atoms. The summed E-state index contributed by atoms with van der Waals surface area (Å²) in [4.78, 5) is 3.92. The summed E-state index contributed by atoms with van der Waals surface area (Å²) in [7, 11) is 0. The lowest BCUT2D eigenvalue weighted by Gasteiger charge is -1.82. The highest BCUT2D eigenvalue weighted by molar-refractivity contribution is 5.77. The minimum absolute atomic E-state index is 0.825. The molecule has 45 valence electrons. The maximum absolute atomic E-state index is 3.92. The molecule has 0 rings (SSSR count). The smallest absolute Gasteiger partial charge is 0.0854 e. The van der Waals surface area contributed by atoms with E-state index >= 15 is 0 Å². The van der Waals surface area contributed by atoms with Crippen molar-refractivity contribution in [2.75, 3.05) is 6.54 Å². The molecule has 1 heteroatoms. The van der Waals surface area contributed by atoms with Gasteiger partial charge < -0.3 is 0 Å². The molecule has 0 heterocycles. The van der Waals surface area contributed by atoms with Crippen molar-refractivity contribution in [3.8, 4) is 0 Å². The summed E-state index contributed by atoms with van der Waals surface area (Å²) in [5.74, 6) is 0. The average molecular weight is 110 g/mol. The van der Waals surface area contributed by atoms with Gasteiger partial charge in [-0.15, -0.1) is 0 Å². The first kappa shape index (κ1) is 7.41. The minimum Gasteiger partial charge on any atom is -0.283 e. The molecule has 0 aliphatic heterocycles. The zero-order valence-corrected chi connectivity index (χ0v) is 5.73. The van der Waals surface area contributed by atoms with Crippen molar-refractivity contribution in [2.45, 2.75) is 20.8 Å². The Morgan fingerprint density at radius 3 is 2.75 bits per heavy atom. The van der Waals surface area contributed by atoms with Crippen LogP contribution in [0.4, 0.5) is 0 Å². The van der Waals surface area contributed by atoms with Gasteiger partial charge in [0.2, 0.25) is 0 Å². The van der Waals surface area contributed by atoms with E-state index in [1.54, 1.807) is 0 Å². The lowest BCUT2D eigenvalue weighted by molar-refractivity contribution is 1.14.